The van der Waals surface area contributed by atoms with Crippen molar-refractivity contribution in [3.63, 3.8) is 0 Å². The van der Waals surface area contributed by atoms with E-state index in [-0.39, 0.29) is 31.3 Å². The molecule has 14 heavy (non-hydrogen) atoms. The second kappa shape index (κ2) is 7.17. The van der Waals surface area contributed by atoms with Crippen molar-refractivity contribution >= 4 is 9.84 Å². The van der Waals surface area contributed by atoms with Crippen LogP contribution in [0.2, 0.25) is 0 Å². The van der Waals surface area contributed by atoms with Gasteiger partial charge in [-0.25, -0.2) is 8.42 Å². The fourth-order valence-electron chi connectivity index (χ4n) is 1.02. The average molecular weight is 225 g/mol. The van der Waals surface area contributed by atoms with Crippen LogP contribution in [-0.2, 0) is 9.84 Å². The summed E-state index contributed by atoms with van der Waals surface area (Å²) >= 11 is 0. The number of rotatable bonds is 8. The fourth-order valence-corrected chi connectivity index (χ4v) is 2.27. The van der Waals surface area contributed by atoms with Gasteiger partial charge in [-0.3, -0.25) is 0 Å². The molecule has 0 rings (SSSR count). The monoisotopic (exact) mass is 225 g/mol. The first kappa shape index (κ1) is 13.8. The number of hydrogen-bond acceptors (Lipinski definition) is 5. The topological polar surface area (TPSA) is 86.6 Å². The molecule has 0 aliphatic rings. The van der Waals surface area contributed by atoms with Crippen LogP contribution in [-0.4, -0.2) is 55.9 Å². The first-order valence-corrected chi connectivity index (χ1v) is 6.53. The largest absolute Gasteiger partial charge is 0.395 e. The average Bonchev–Trinajstić information content (AvgIpc) is 2.12. The predicted octanol–water partition coefficient (Wildman–Crippen LogP) is -1.25. The summed E-state index contributed by atoms with van der Waals surface area (Å²) in [6.07, 6.45) is 0.617. The van der Waals surface area contributed by atoms with Crippen LogP contribution in [0.4, 0.5) is 0 Å². The van der Waals surface area contributed by atoms with Crippen LogP contribution in [0.3, 0.4) is 0 Å². The molecule has 0 aromatic heterocycles. The van der Waals surface area contributed by atoms with Crippen molar-refractivity contribution in [2.24, 2.45) is 0 Å². The van der Waals surface area contributed by atoms with E-state index >= 15 is 0 Å². The fraction of sp³-hybridized carbons (Fsp3) is 1.00. The van der Waals surface area contributed by atoms with Gasteiger partial charge in [-0.2, -0.15) is 0 Å². The molecule has 0 aromatic rings. The summed E-state index contributed by atoms with van der Waals surface area (Å²) in [5, 5.41) is 20.1. The van der Waals surface area contributed by atoms with E-state index in [1.54, 1.807) is 0 Å². The summed E-state index contributed by atoms with van der Waals surface area (Å²) < 4.78 is 22.4. The SMILES string of the molecule is CCCS(=O)(=O)CCNC(CO)CO. The highest BCUT2D eigenvalue weighted by Gasteiger charge is 2.10. The highest BCUT2D eigenvalue weighted by molar-refractivity contribution is 7.91. The molecular weight excluding hydrogens is 206 g/mol. The van der Waals surface area contributed by atoms with Crippen molar-refractivity contribution in [1.82, 2.24) is 5.32 Å². The first-order valence-electron chi connectivity index (χ1n) is 4.71. The Hall–Kier alpha value is -0.170. The van der Waals surface area contributed by atoms with Crippen LogP contribution < -0.4 is 5.32 Å². The molecule has 0 heterocycles. The van der Waals surface area contributed by atoms with Crippen molar-refractivity contribution in [1.29, 1.82) is 0 Å². The molecule has 0 aromatic carbocycles. The van der Waals surface area contributed by atoms with Gasteiger partial charge in [0.1, 0.15) is 0 Å². The molecule has 0 atom stereocenters. The molecule has 0 unspecified atom stereocenters. The van der Waals surface area contributed by atoms with E-state index in [4.69, 9.17) is 10.2 Å². The molecule has 0 aliphatic carbocycles. The van der Waals surface area contributed by atoms with Crippen molar-refractivity contribution in [2.45, 2.75) is 19.4 Å². The maximum Gasteiger partial charge on any atom is 0.151 e. The summed E-state index contributed by atoms with van der Waals surface area (Å²) in [5.41, 5.74) is 0. The lowest BCUT2D eigenvalue weighted by Crippen LogP contribution is -2.38. The molecule has 86 valence electrons. The third kappa shape index (κ3) is 6.31. The highest BCUT2D eigenvalue weighted by atomic mass is 32.2. The molecule has 0 spiro atoms. The molecule has 0 saturated carbocycles. The first-order chi connectivity index (χ1) is 6.55. The second-order valence-electron chi connectivity index (χ2n) is 3.17. The molecule has 0 radical (unpaired) electrons. The summed E-state index contributed by atoms with van der Waals surface area (Å²) in [6, 6.07) is -0.424. The Balaban J connectivity index is 3.72. The summed E-state index contributed by atoms with van der Waals surface area (Å²) in [7, 11) is -2.97. The van der Waals surface area contributed by atoms with E-state index < -0.39 is 15.9 Å². The van der Waals surface area contributed by atoms with E-state index in [2.05, 4.69) is 5.32 Å². The molecule has 6 heteroatoms. The van der Waals surface area contributed by atoms with Gasteiger partial charge in [-0.15, -0.1) is 0 Å². The third-order valence-electron chi connectivity index (χ3n) is 1.80. The zero-order valence-electron chi connectivity index (χ0n) is 8.44. The minimum absolute atomic E-state index is 0.0529. The van der Waals surface area contributed by atoms with E-state index in [9.17, 15) is 8.42 Å². The Bertz CT molecular complexity index is 223. The highest BCUT2D eigenvalue weighted by Crippen LogP contribution is 1.92. The zero-order chi connectivity index (χ0) is 11.0. The van der Waals surface area contributed by atoms with Crippen molar-refractivity contribution in [3.8, 4) is 0 Å². The summed E-state index contributed by atoms with van der Waals surface area (Å²) in [6.45, 7) is 1.71. The van der Waals surface area contributed by atoms with E-state index in [0.29, 0.717) is 6.42 Å². The Morgan fingerprint density at radius 1 is 1.21 bits per heavy atom. The van der Waals surface area contributed by atoms with E-state index in [1.165, 1.54) is 0 Å². The van der Waals surface area contributed by atoms with Crippen LogP contribution in [0.25, 0.3) is 0 Å². The second-order valence-corrected chi connectivity index (χ2v) is 5.47. The van der Waals surface area contributed by atoms with Crippen LogP contribution >= 0.6 is 0 Å². The molecule has 0 aliphatic heterocycles. The van der Waals surface area contributed by atoms with Crippen molar-refractivity contribution in [3.05, 3.63) is 0 Å². The number of sulfone groups is 1. The van der Waals surface area contributed by atoms with Gasteiger partial charge in [0.2, 0.25) is 0 Å². The van der Waals surface area contributed by atoms with Gasteiger partial charge < -0.3 is 15.5 Å². The quantitative estimate of drug-likeness (QED) is 0.481. The van der Waals surface area contributed by atoms with Gasteiger partial charge >= 0.3 is 0 Å². The van der Waals surface area contributed by atoms with Gasteiger partial charge in [0.25, 0.3) is 0 Å². The van der Waals surface area contributed by atoms with Crippen LogP contribution in [0.15, 0.2) is 0 Å². The van der Waals surface area contributed by atoms with Gasteiger partial charge in [-0.1, -0.05) is 6.92 Å². The molecule has 0 amide bonds. The lowest BCUT2D eigenvalue weighted by atomic mass is 10.3. The number of nitrogens with one attached hydrogen (secondary N) is 1. The lowest BCUT2D eigenvalue weighted by molar-refractivity contribution is 0.173. The molecular formula is C8H19NO4S. The van der Waals surface area contributed by atoms with Crippen LogP contribution in [0.5, 0.6) is 0 Å². The smallest absolute Gasteiger partial charge is 0.151 e. The van der Waals surface area contributed by atoms with Crippen LogP contribution in [0, 0.1) is 0 Å². The lowest BCUT2D eigenvalue weighted by Gasteiger charge is -2.12. The maximum absolute atomic E-state index is 11.2. The Kier molecular flexibility index (Phi) is 7.08. The minimum atomic E-state index is -2.97. The Morgan fingerprint density at radius 2 is 1.79 bits per heavy atom. The molecule has 0 fully saturated rings. The maximum atomic E-state index is 11.2. The molecule has 0 bridgehead atoms. The zero-order valence-corrected chi connectivity index (χ0v) is 9.26. The van der Waals surface area contributed by atoms with E-state index in [1.807, 2.05) is 6.92 Å². The predicted molar refractivity (Wildman–Crippen MR) is 54.9 cm³/mol. The molecule has 0 saturated heterocycles. The van der Waals surface area contributed by atoms with Gasteiger partial charge in [0.05, 0.1) is 25.0 Å². The van der Waals surface area contributed by atoms with Gasteiger partial charge in [-0.05, 0) is 6.42 Å². The number of aliphatic hydroxyl groups excluding tert-OH is 2. The van der Waals surface area contributed by atoms with E-state index in [0.717, 1.165) is 0 Å². The van der Waals surface area contributed by atoms with Gasteiger partial charge in [0.15, 0.2) is 9.84 Å². The standard InChI is InChI=1S/C8H19NO4S/c1-2-4-14(12,13)5-3-9-8(6-10)7-11/h8-11H,2-7H2,1H3. The van der Waals surface area contributed by atoms with Crippen molar-refractivity contribution < 1.29 is 18.6 Å². The molecule has 3 N–H and O–H groups in total. The Morgan fingerprint density at radius 3 is 2.21 bits per heavy atom. The van der Waals surface area contributed by atoms with Crippen molar-refractivity contribution in [2.75, 3.05) is 31.3 Å². The number of aliphatic hydroxyl groups is 2. The normalized spacial score (nSPS) is 12.3. The third-order valence-corrected chi connectivity index (χ3v) is 3.66. The van der Waals surface area contributed by atoms with Crippen LogP contribution in [0.1, 0.15) is 13.3 Å². The van der Waals surface area contributed by atoms with Gasteiger partial charge in [0, 0.05) is 12.3 Å². The minimum Gasteiger partial charge on any atom is -0.395 e. The summed E-state index contributed by atoms with van der Waals surface area (Å²) in [5.74, 6) is 0.245. The number of hydrogen-bond donors (Lipinski definition) is 3. The Labute approximate surface area is 85.1 Å². The molecule has 5 nitrogen and oxygen atoms in total. The summed E-state index contributed by atoms with van der Waals surface area (Å²) in [4.78, 5) is 0.